The number of carbonyl (C=O) groups is 2. The predicted molar refractivity (Wildman–Crippen MR) is 132 cm³/mol. The summed E-state index contributed by atoms with van der Waals surface area (Å²) in [5.74, 6) is 3.04. The van der Waals surface area contributed by atoms with E-state index in [1.807, 2.05) is 28.8 Å². The average molecular weight is 458 g/mol. The Morgan fingerprint density at radius 1 is 0.875 bits per heavy atom. The molecule has 3 fully saturated rings. The Labute approximate surface area is 197 Å². The molecule has 1 aromatic carbocycles. The molecule has 1 atom stereocenters. The number of hydrogen-bond donors (Lipinski definition) is 0. The van der Waals surface area contributed by atoms with Gasteiger partial charge in [-0.25, -0.2) is 0 Å². The lowest BCUT2D eigenvalue weighted by atomic mass is 9.86. The van der Waals surface area contributed by atoms with Crippen LogP contribution in [0.25, 0.3) is 0 Å². The van der Waals surface area contributed by atoms with Crippen LogP contribution in [0.5, 0.6) is 0 Å². The van der Waals surface area contributed by atoms with Gasteiger partial charge in [-0.1, -0.05) is 45.7 Å². The Morgan fingerprint density at radius 2 is 1.47 bits per heavy atom. The van der Waals surface area contributed by atoms with Crippen LogP contribution in [-0.4, -0.2) is 83.3 Å². The van der Waals surface area contributed by atoms with Gasteiger partial charge in [-0.2, -0.15) is 11.8 Å². The normalized spacial score (nSPS) is 22.2. The number of carbonyl (C=O) groups excluding carboxylic acids is 2. The minimum Gasteiger partial charge on any atom is -0.340 e. The van der Waals surface area contributed by atoms with Crippen molar-refractivity contribution in [1.29, 1.82) is 0 Å². The van der Waals surface area contributed by atoms with Crippen LogP contribution < -0.4 is 0 Å². The van der Waals surface area contributed by atoms with Gasteiger partial charge in [-0.3, -0.25) is 14.5 Å². The van der Waals surface area contributed by atoms with Gasteiger partial charge in [0.15, 0.2) is 0 Å². The Balaban J connectivity index is 1.40. The molecule has 3 aliphatic rings. The molecule has 2 saturated heterocycles. The maximum absolute atomic E-state index is 13.5. The van der Waals surface area contributed by atoms with E-state index in [-0.39, 0.29) is 17.4 Å². The third-order valence-electron chi connectivity index (χ3n) is 7.41. The van der Waals surface area contributed by atoms with E-state index in [4.69, 9.17) is 0 Å². The number of nitrogens with zero attached hydrogens (tertiary/aromatic N) is 3. The summed E-state index contributed by atoms with van der Waals surface area (Å²) in [6, 6.07) is 8.09. The van der Waals surface area contributed by atoms with E-state index in [1.54, 1.807) is 0 Å². The van der Waals surface area contributed by atoms with Crippen molar-refractivity contribution < 1.29 is 9.59 Å². The minimum atomic E-state index is 0.00363. The van der Waals surface area contributed by atoms with Crippen molar-refractivity contribution in [2.45, 2.75) is 57.9 Å². The van der Waals surface area contributed by atoms with Crippen LogP contribution in [0.3, 0.4) is 0 Å². The van der Waals surface area contributed by atoms with E-state index in [0.29, 0.717) is 24.9 Å². The smallest absolute Gasteiger partial charge is 0.253 e. The second-order valence-electron chi connectivity index (χ2n) is 10.6. The van der Waals surface area contributed by atoms with E-state index in [1.165, 1.54) is 18.4 Å². The first-order valence-electron chi connectivity index (χ1n) is 12.3. The van der Waals surface area contributed by atoms with Crippen LogP contribution >= 0.6 is 11.8 Å². The van der Waals surface area contributed by atoms with E-state index in [9.17, 15) is 9.59 Å². The minimum absolute atomic E-state index is 0.00363. The summed E-state index contributed by atoms with van der Waals surface area (Å²) in [7, 11) is 0. The van der Waals surface area contributed by atoms with Crippen molar-refractivity contribution in [3.05, 3.63) is 35.4 Å². The highest BCUT2D eigenvalue weighted by atomic mass is 32.2. The van der Waals surface area contributed by atoms with Crippen molar-refractivity contribution in [3.63, 3.8) is 0 Å². The van der Waals surface area contributed by atoms with Crippen LogP contribution in [-0.2, 0) is 10.2 Å². The highest BCUT2D eigenvalue weighted by Gasteiger charge is 2.39. The maximum atomic E-state index is 13.5. The second-order valence-corrected chi connectivity index (χ2v) is 11.8. The summed E-state index contributed by atoms with van der Waals surface area (Å²) in [5, 5.41) is 0. The summed E-state index contributed by atoms with van der Waals surface area (Å²) in [5.41, 5.74) is 2.09. The van der Waals surface area contributed by atoms with E-state index < -0.39 is 0 Å². The SMILES string of the molecule is CC(C)(C)c1ccc(C(=O)N2CCN([C@H](C(=O)N3CCSCC3)C3CCCC3)CC2)cc1. The summed E-state index contributed by atoms with van der Waals surface area (Å²) in [6.07, 6.45) is 4.82. The largest absolute Gasteiger partial charge is 0.340 e. The number of piperazine rings is 1. The lowest BCUT2D eigenvalue weighted by molar-refractivity contribution is -0.139. The first kappa shape index (κ1) is 23.6. The molecule has 1 saturated carbocycles. The first-order valence-corrected chi connectivity index (χ1v) is 13.5. The fourth-order valence-corrected chi connectivity index (χ4v) is 6.30. The molecule has 32 heavy (non-hydrogen) atoms. The van der Waals surface area contributed by atoms with Crippen molar-refractivity contribution in [2.24, 2.45) is 5.92 Å². The summed E-state index contributed by atoms with van der Waals surface area (Å²) >= 11 is 1.95. The fourth-order valence-electron chi connectivity index (χ4n) is 5.40. The van der Waals surface area contributed by atoms with Gasteiger partial charge >= 0.3 is 0 Å². The van der Waals surface area contributed by atoms with Gasteiger partial charge in [-0.05, 0) is 41.9 Å². The van der Waals surface area contributed by atoms with Crippen molar-refractivity contribution in [2.75, 3.05) is 50.8 Å². The molecule has 2 aliphatic heterocycles. The monoisotopic (exact) mass is 457 g/mol. The van der Waals surface area contributed by atoms with Crippen LogP contribution in [0.1, 0.15) is 62.4 Å². The predicted octanol–water partition coefficient (Wildman–Crippen LogP) is 3.88. The lowest BCUT2D eigenvalue weighted by Gasteiger charge is -2.43. The molecule has 1 aromatic rings. The van der Waals surface area contributed by atoms with Crippen molar-refractivity contribution in [1.82, 2.24) is 14.7 Å². The van der Waals surface area contributed by atoms with Crippen LogP contribution in [0.15, 0.2) is 24.3 Å². The van der Waals surface area contributed by atoms with Gasteiger partial charge in [0.05, 0.1) is 6.04 Å². The number of rotatable bonds is 4. The summed E-state index contributed by atoms with van der Waals surface area (Å²) in [6.45, 7) is 11.3. The molecule has 6 heteroatoms. The summed E-state index contributed by atoms with van der Waals surface area (Å²) in [4.78, 5) is 33.1. The Bertz CT molecular complexity index is 784. The highest BCUT2D eigenvalue weighted by molar-refractivity contribution is 7.99. The zero-order chi connectivity index (χ0) is 22.7. The van der Waals surface area contributed by atoms with Crippen molar-refractivity contribution in [3.8, 4) is 0 Å². The zero-order valence-electron chi connectivity index (χ0n) is 20.0. The Morgan fingerprint density at radius 3 is 2.03 bits per heavy atom. The molecule has 2 amide bonds. The molecule has 0 unspecified atom stereocenters. The topological polar surface area (TPSA) is 43.9 Å². The highest BCUT2D eigenvalue weighted by Crippen LogP contribution is 2.32. The van der Waals surface area contributed by atoms with Gasteiger partial charge in [0.1, 0.15) is 0 Å². The number of benzene rings is 1. The first-order chi connectivity index (χ1) is 15.3. The molecular formula is C26H39N3O2S. The third kappa shape index (κ3) is 5.33. The maximum Gasteiger partial charge on any atom is 0.253 e. The van der Waals surface area contributed by atoms with Crippen LogP contribution in [0.4, 0.5) is 0 Å². The molecule has 4 rings (SSSR count). The fraction of sp³-hybridized carbons (Fsp3) is 0.692. The van der Waals surface area contributed by atoms with Crippen molar-refractivity contribution >= 4 is 23.6 Å². The lowest BCUT2D eigenvalue weighted by Crippen LogP contribution is -2.59. The van der Waals surface area contributed by atoms with Gasteiger partial charge in [-0.15, -0.1) is 0 Å². The van der Waals surface area contributed by atoms with Gasteiger partial charge in [0.25, 0.3) is 5.91 Å². The Hall–Kier alpha value is -1.53. The molecule has 0 N–H and O–H groups in total. The van der Waals surface area contributed by atoms with E-state index in [2.05, 4.69) is 42.7 Å². The molecule has 2 heterocycles. The van der Waals surface area contributed by atoms with Gasteiger partial charge in [0, 0.05) is 56.3 Å². The van der Waals surface area contributed by atoms with Crippen LogP contribution in [0, 0.1) is 5.92 Å². The van der Waals surface area contributed by atoms with Gasteiger partial charge in [0.2, 0.25) is 5.91 Å². The average Bonchev–Trinajstić information content (AvgIpc) is 3.34. The van der Waals surface area contributed by atoms with Crippen LogP contribution in [0.2, 0.25) is 0 Å². The molecule has 5 nitrogen and oxygen atoms in total. The molecule has 0 bridgehead atoms. The molecular weight excluding hydrogens is 418 g/mol. The second kappa shape index (κ2) is 10.2. The number of amides is 2. The van der Waals surface area contributed by atoms with Gasteiger partial charge < -0.3 is 9.80 Å². The van der Waals surface area contributed by atoms with E-state index in [0.717, 1.165) is 56.1 Å². The molecule has 0 spiro atoms. The zero-order valence-corrected chi connectivity index (χ0v) is 20.8. The third-order valence-corrected chi connectivity index (χ3v) is 8.36. The molecule has 1 aliphatic carbocycles. The summed E-state index contributed by atoms with van der Waals surface area (Å²) < 4.78 is 0. The quantitative estimate of drug-likeness (QED) is 0.688. The molecule has 0 radical (unpaired) electrons. The number of thioether (sulfide) groups is 1. The Kier molecular flexibility index (Phi) is 7.51. The molecule has 176 valence electrons. The standard InChI is InChI=1S/C26H39N3O2S/c1-26(2,3)22-10-8-21(9-11-22)24(30)28-14-12-27(13-15-28)23(20-6-4-5-7-20)25(31)29-16-18-32-19-17-29/h8-11,20,23H,4-7,12-19H2,1-3H3/t23-/m0/s1. The van der Waals surface area contributed by atoms with E-state index >= 15 is 0 Å². The number of hydrogen-bond acceptors (Lipinski definition) is 4. The molecule has 0 aromatic heterocycles.